The fourth-order valence-electron chi connectivity index (χ4n) is 4.99. The minimum Gasteiger partial charge on any atom is -0.378 e. The number of ether oxygens (including phenoxy) is 1. The van der Waals surface area contributed by atoms with Crippen molar-refractivity contribution in [3.05, 3.63) is 54.1 Å². The Hall–Kier alpha value is -4.09. The molecular weight excluding hydrogens is 514 g/mol. The van der Waals surface area contributed by atoms with Crippen molar-refractivity contribution in [3.63, 3.8) is 0 Å². The van der Waals surface area contributed by atoms with Gasteiger partial charge in [-0.2, -0.15) is 5.10 Å². The minimum atomic E-state index is -0.266. The molecule has 39 heavy (non-hydrogen) atoms. The van der Waals surface area contributed by atoms with Crippen LogP contribution in [-0.4, -0.2) is 82.8 Å². The number of nitrogens with zero attached hydrogens (tertiary/aromatic N) is 5. The van der Waals surface area contributed by atoms with Gasteiger partial charge in [-0.15, -0.1) is 11.3 Å². The molecule has 2 amide bonds. The van der Waals surface area contributed by atoms with E-state index in [-0.39, 0.29) is 18.2 Å². The molecule has 0 unspecified atom stereocenters. The number of hydrogen-bond donors (Lipinski definition) is 2. The van der Waals surface area contributed by atoms with Gasteiger partial charge in [-0.1, -0.05) is 24.8 Å². The molecule has 3 aromatic heterocycles. The lowest BCUT2D eigenvalue weighted by Gasteiger charge is -2.28. The van der Waals surface area contributed by atoms with Crippen LogP contribution in [0.2, 0.25) is 0 Å². The van der Waals surface area contributed by atoms with Gasteiger partial charge in [0, 0.05) is 55.0 Å². The van der Waals surface area contributed by atoms with Crippen LogP contribution in [0, 0.1) is 0 Å². The molecule has 0 bridgehead atoms. The first-order chi connectivity index (χ1) is 19.1. The first-order valence-electron chi connectivity index (χ1n) is 13.0. The van der Waals surface area contributed by atoms with Crippen LogP contribution in [0.25, 0.3) is 38.1 Å². The molecule has 0 atom stereocenters. The van der Waals surface area contributed by atoms with Crippen molar-refractivity contribution < 1.29 is 14.3 Å². The predicted octanol–water partition coefficient (Wildman–Crippen LogP) is 3.38. The molecule has 11 heteroatoms. The summed E-state index contributed by atoms with van der Waals surface area (Å²) in [6.45, 7) is 7.83. The monoisotopic (exact) mass is 543 g/mol. The van der Waals surface area contributed by atoms with Gasteiger partial charge in [0.15, 0.2) is 11.6 Å². The lowest BCUT2D eigenvalue weighted by atomic mass is 10.1. The molecule has 6 rings (SSSR count). The first kappa shape index (κ1) is 25.2. The van der Waals surface area contributed by atoms with E-state index in [1.54, 1.807) is 11.3 Å². The number of aromatic nitrogens is 4. The molecule has 0 saturated carbocycles. The van der Waals surface area contributed by atoms with Crippen molar-refractivity contribution in [1.82, 2.24) is 30.4 Å². The van der Waals surface area contributed by atoms with E-state index in [1.807, 2.05) is 29.3 Å². The first-order valence-corrected chi connectivity index (χ1v) is 13.9. The summed E-state index contributed by atoms with van der Waals surface area (Å²) in [7, 11) is 0. The number of carbonyl (C=O) groups excluding carboxylic acids is 2. The van der Waals surface area contributed by atoms with Crippen molar-refractivity contribution in [1.29, 1.82) is 0 Å². The van der Waals surface area contributed by atoms with Gasteiger partial charge in [0.25, 0.3) is 0 Å². The van der Waals surface area contributed by atoms with Crippen LogP contribution < -0.4 is 10.2 Å². The molecule has 1 fully saturated rings. The van der Waals surface area contributed by atoms with Gasteiger partial charge in [-0.3, -0.25) is 14.7 Å². The highest BCUT2D eigenvalue weighted by Gasteiger charge is 2.23. The van der Waals surface area contributed by atoms with Gasteiger partial charge in [0.2, 0.25) is 11.8 Å². The van der Waals surface area contributed by atoms with E-state index < -0.39 is 0 Å². The van der Waals surface area contributed by atoms with Crippen LogP contribution in [-0.2, 0) is 14.3 Å². The number of carbonyl (C=O) groups is 2. The Labute approximate surface area is 229 Å². The molecule has 10 nitrogen and oxygen atoms in total. The summed E-state index contributed by atoms with van der Waals surface area (Å²) in [6.07, 6.45) is 6.19. The smallest absolute Gasteiger partial charge is 0.243 e. The fourth-order valence-corrected chi connectivity index (χ4v) is 6.17. The number of hydrogen-bond acceptors (Lipinski definition) is 8. The normalized spacial score (nSPS) is 15.9. The van der Waals surface area contributed by atoms with Gasteiger partial charge < -0.3 is 19.9 Å². The van der Waals surface area contributed by atoms with Gasteiger partial charge in [-0.05, 0) is 30.2 Å². The molecule has 4 aromatic rings. The predicted molar refractivity (Wildman–Crippen MR) is 153 cm³/mol. The highest BCUT2D eigenvalue weighted by molar-refractivity contribution is 7.20. The summed E-state index contributed by atoms with van der Waals surface area (Å²) in [6, 6.07) is 8.17. The molecule has 2 aliphatic heterocycles. The van der Waals surface area contributed by atoms with E-state index >= 15 is 0 Å². The zero-order valence-electron chi connectivity index (χ0n) is 21.5. The third-order valence-electron chi connectivity index (χ3n) is 7.09. The van der Waals surface area contributed by atoms with E-state index in [9.17, 15) is 9.59 Å². The summed E-state index contributed by atoms with van der Waals surface area (Å²) >= 11 is 1.71. The van der Waals surface area contributed by atoms with Crippen LogP contribution in [0.1, 0.15) is 17.7 Å². The number of anilines is 1. The van der Waals surface area contributed by atoms with Gasteiger partial charge in [0.1, 0.15) is 0 Å². The summed E-state index contributed by atoms with van der Waals surface area (Å²) < 4.78 is 6.67. The molecule has 2 N–H and O–H groups in total. The van der Waals surface area contributed by atoms with Crippen molar-refractivity contribution in [2.45, 2.75) is 12.8 Å². The third kappa shape index (κ3) is 5.15. The lowest BCUT2D eigenvalue weighted by Crippen LogP contribution is -2.37. The number of amides is 2. The molecule has 1 aromatic carbocycles. The van der Waals surface area contributed by atoms with E-state index in [1.165, 1.54) is 11.6 Å². The second-order valence-corrected chi connectivity index (χ2v) is 10.5. The number of aromatic amines is 1. The zero-order valence-corrected chi connectivity index (χ0v) is 22.3. The molecule has 0 aliphatic carbocycles. The van der Waals surface area contributed by atoms with E-state index in [0.29, 0.717) is 38.7 Å². The van der Waals surface area contributed by atoms with Crippen molar-refractivity contribution in [2.75, 3.05) is 50.8 Å². The van der Waals surface area contributed by atoms with Crippen molar-refractivity contribution in [3.8, 4) is 11.4 Å². The van der Waals surface area contributed by atoms with E-state index in [0.717, 1.165) is 56.9 Å². The second kappa shape index (κ2) is 11.0. The van der Waals surface area contributed by atoms with Crippen LogP contribution in [0.5, 0.6) is 0 Å². The molecule has 1 saturated heterocycles. The summed E-state index contributed by atoms with van der Waals surface area (Å²) in [5.41, 5.74) is 4.03. The number of morpholine rings is 1. The Bertz CT molecular complexity index is 1580. The Morgan fingerprint density at radius 2 is 2.08 bits per heavy atom. The topological polar surface area (TPSA) is 116 Å². The standard InChI is InChI=1S/C28H29N7O3S/c1-2-24(36)29-9-6-25(37)34-10-7-18(8-11-34)23-16-22-26(39-23)28(35-12-14-38-15-13-35)32-27(31-22)19-4-3-5-21-20(19)17-30-33-21/h2-5,7,16-17H,1,6,8-15H2,(H,29,36)(H,30,33). The SMILES string of the molecule is C=CC(=O)NCCC(=O)N1CC=C(c2cc3nc(-c4cccc5[nH]ncc45)nc(N4CCOCC4)c3s2)CC1. The average molecular weight is 544 g/mol. The van der Waals surface area contributed by atoms with Crippen LogP contribution in [0.15, 0.2) is 49.2 Å². The van der Waals surface area contributed by atoms with Crippen molar-refractivity contribution in [2.24, 2.45) is 0 Å². The molecular formula is C28H29N7O3S. The van der Waals surface area contributed by atoms with Crippen molar-refractivity contribution >= 4 is 55.7 Å². The molecule has 0 radical (unpaired) electrons. The van der Waals surface area contributed by atoms with Gasteiger partial charge in [-0.25, -0.2) is 9.97 Å². The number of thiophene rings is 1. The highest BCUT2D eigenvalue weighted by atomic mass is 32.1. The Balaban J connectivity index is 1.29. The zero-order chi connectivity index (χ0) is 26.8. The number of rotatable bonds is 7. The summed E-state index contributed by atoms with van der Waals surface area (Å²) in [5, 5.41) is 10.9. The molecule has 5 heterocycles. The Kier molecular flexibility index (Phi) is 7.08. The Morgan fingerprint density at radius 1 is 1.21 bits per heavy atom. The highest BCUT2D eigenvalue weighted by Crippen LogP contribution is 2.39. The van der Waals surface area contributed by atoms with E-state index in [4.69, 9.17) is 14.7 Å². The third-order valence-corrected chi connectivity index (χ3v) is 8.29. The maximum Gasteiger partial charge on any atom is 0.243 e. The lowest BCUT2D eigenvalue weighted by molar-refractivity contribution is -0.130. The average Bonchev–Trinajstić information content (AvgIpc) is 3.64. The van der Waals surface area contributed by atoms with Gasteiger partial charge >= 0.3 is 0 Å². The molecule has 0 spiro atoms. The largest absolute Gasteiger partial charge is 0.378 e. The van der Waals surface area contributed by atoms with Crippen LogP contribution >= 0.6 is 11.3 Å². The maximum atomic E-state index is 12.6. The Morgan fingerprint density at radius 3 is 2.87 bits per heavy atom. The van der Waals surface area contributed by atoms with E-state index in [2.05, 4.69) is 39.1 Å². The van der Waals surface area contributed by atoms with Gasteiger partial charge in [0.05, 0.1) is 35.1 Å². The quantitative estimate of drug-likeness (QED) is 0.343. The molecule has 200 valence electrons. The number of fused-ring (bicyclic) bond motifs is 2. The number of nitrogens with one attached hydrogen (secondary N) is 2. The fraction of sp³-hybridized carbons (Fsp3) is 0.321. The molecule has 2 aliphatic rings. The number of benzene rings is 1. The number of H-pyrrole nitrogens is 1. The van der Waals surface area contributed by atoms with Crippen LogP contribution in [0.4, 0.5) is 5.82 Å². The second-order valence-electron chi connectivity index (χ2n) is 9.50. The maximum absolute atomic E-state index is 12.6. The summed E-state index contributed by atoms with van der Waals surface area (Å²) in [5.74, 6) is 1.38. The van der Waals surface area contributed by atoms with Crippen LogP contribution in [0.3, 0.4) is 0 Å². The minimum absolute atomic E-state index is 0.0320. The summed E-state index contributed by atoms with van der Waals surface area (Å²) in [4.78, 5) is 39.3.